The Morgan fingerprint density at radius 3 is 2.00 bits per heavy atom. The van der Waals surface area contributed by atoms with Gasteiger partial charge in [-0.3, -0.25) is 0 Å². The Morgan fingerprint density at radius 2 is 1.70 bits per heavy atom. The highest BCUT2D eigenvalue weighted by Gasteiger charge is 2.13. The fourth-order valence-electron chi connectivity index (χ4n) is 1.32. The largest absolute Gasteiger partial charge is 0.317 e. The standard InChI is InChI=1S/C7H16N2.ClH/c1-9(2)7-3-5-8-6-4-7;/h7-8H,3-6H2,1-2H3;1H. The highest BCUT2D eigenvalue weighted by molar-refractivity contribution is 5.85. The Balaban J connectivity index is 0.000000810. The van der Waals surface area contributed by atoms with Crippen LogP contribution in [0.5, 0.6) is 0 Å². The van der Waals surface area contributed by atoms with Gasteiger partial charge in [0.25, 0.3) is 0 Å². The second kappa shape index (κ2) is 4.94. The predicted molar refractivity (Wildman–Crippen MR) is 46.8 cm³/mol. The van der Waals surface area contributed by atoms with Crippen LogP contribution in [0.15, 0.2) is 0 Å². The zero-order chi connectivity index (χ0) is 6.69. The minimum absolute atomic E-state index is 0. The van der Waals surface area contributed by atoms with E-state index in [0.29, 0.717) is 0 Å². The summed E-state index contributed by atoms with van der Waals surface area (Å²) >= 11 is 0. The van der Waals surface area contributed by atoms with Gasteiger partial charge in [-0.2, -0.15) is 0 Å². The van der Waals surface area contributed by atoms with E-state index in [1.54, 1.807) is 0 Å². The van der Waals surface area contributed by atoms with Crippen molar-refractivity contribution in [2.24, 2.45) is 0 Å². The molecule has 1 saturated heterocycles. The average molecular weight is 165 g/mol. The van der Waals surface area contributed by atoms with Gasteiger partial charge in [-0.05, 0) is 40.0 Å². The van der Waals surface area contributed by atoms with Crippen LogP contribution in [0.4, 0.5) is 0 Å². The molecule has 10 heavy (non-hydrogen) atoms. The SMILES string of the molecule is CN(C)C1CCNCC1.Cl. The van der Waals surface area contributed by atoms with Crippen LogP contribution in [-0.2, 0) is 0 Å². The first-order chi connectivity index (χ1) is 4.30. The molecular formula is C7H17ClN2. The Kier molecular flexibility index (Phi) is 5.04. The van der Waals surface area contributed by atoms with Crippen LogP contribution in [0.25, 0.3) is 0 Å². The second-order valence-corrected chi connectivity index (χ2v) is 2.94. The van der Waals surface area contributed by atoms with Crippen LogP contribution < -0.4 is 5.32 Å². The lowest BCUT2D eigenvalue weighted by Crippen LogP contribution is -2.39. The molecule has 1 aliphatic rings. The summed E-state index contributed by atoms with van der Waals surface area (Å²) < 4.78 is 0. The first kappa shape index (κ1) is 10.2. The number of nitrogens with zero attached hydrogens (tertiary/aromatic N) is 1. The summed E-state index contributed by atoms with van der Waals surface area (Å²) in [7, 11) is 4.33. The summed E-state index contributed by atoms with van der Waals surface area (Å²) in [6, 6.07) is 0.825. The number of rotatable bonds is 1. The smallest absolute Gasteiger partial charge is 0.0113 e. The van der Waals surface area contributed by atoms with Crippen molar-refractivity contribution in [1.29, 1.82) is 0 Å². The quantitative estimate of drug-likeness (QED) is 0.615. The zero-order valence-electron chi connectivity index (χ0n) is 6.76. The highest BCUT2D eigenvalue weighted by atomic mass is 35.5. The third-order valence-corrected chi connectivity index (χ3v) is 2.04. The molecule has 0 bridgehead atoms. The Bertz CT molecular complexity index is 79.7. The third kappa shape index (κ3) is 2.86. The molecule has 1 aliphatic heterocycles. The summed E-state index contributed by atoms with van der Waals surface area (Å²) in [4.78, 5) is 2.32. The van der Waals surface area contributed by atoms with Crippen LogP contribution >= 0.6 is 12.4 Å². The van der Waals surface area contributed by atoms with Gasteiger partial charge >= 0.3 is 0 Å². The molecule has 0 spiro atoms. The monoisotopic (exact) mass is 164 g/mol. The van der Waals surface area contributed by atoms with E-state index in [2.05, 4.69) is 24.3 Å². The van der Waals surface area contributed by atoms with Crippen molar-refractivity contribution >= 4 is 12.4 Å². The first-order valence-electron chi connectivity index (χ1n) is 3.68. The van der Waals surface area contributed by atoms with Gasteiger partial charge < -0.3 is 10.2 Å². The van der Waals surface area contributed by atoms with Crippen molar-refractivity contribution in [3.8, 4) is 0 Å². The van der Waals surface area contributed by atoms with E-state index in [-0.39, 0.29) is 12.4 Å². The molecule has 3 heteroatoms. The first-order valence-corrected chi connectivity index (χ1v) is 3.68. The van der Waals surface area contributed by atoms with Crippen LogP contribution in [0.1, 0.15) is 12.8 Å². The van der Waals surface area contributed by atoms with Crippen molar-refractivity contribution in [2.75, 3.05) is 27.2 Å². The molecule has 1 heterocycles. The van der Waals surface area contributed by atoms with Gasteiger partial charge in [-0.15, -0.1) is 12.4 Å². The topological polar surface area (TPSA) is 15.3 Å². The summed E-state index contributed by atoms with van der Waals surface area (Å²) in [5.41, 5.74) is 0. The molecule has 1 N–H and O–H groups in total. The molecule has 1 fully saturated rings. The minimum atomic E-state index is 0. The summed E-state index contributed by atoms with van der Waals surface area (Å²) in [5.74, 6) is 0. The van der Waals surface area contributed by atoms with Crippen molar-refractivity contribution in [3.63, 3.8) is 0 Å². The van der Waals surface area contributed by atoms with Crippen molar-refractivity contribution < 1.29 is 0 Å². The van der Waals surface area contributed by atoms with E-state index in [1.165, 1.54) is 25.9 Å². The summed E-state index contributed by atoms with van der Waals surface area (Å²) in [5, 5.41) is 3.34. The van der Waals surface area contributed by atoms with E-state index in [0.717, 1.165) is 6.04 Å². The Morgan fingerprint density at radius 1 is 1.20 bits per heavy atom. The lowest BCUT2D eigenvalue weighted by molar-refractivity contribution is 0.238. The lowest BCUT2D eigenvalue weighted by Gasteiger charge is -2.28. The van der Waals surface area contributed by atoms with E-state index in [1.807, 2.05) is 0 Å². The maximum Gasteiger partial charge on any atom is 0.0113 e. The van der Waals surface area contributed by atoms with E-state index in [4.69, 9.17) is 0 Å². The molecular weight excluding hydrogens is 148 g/mol. The van der Waals surface area contributed by atoms with E-state index in [9.17, 15) is 0 Å². The maximum absolute atomic E-state index is 3.34. The van der Waals surface area contributed by atoms with Crippen molar-refractivity contribution in [2.45, 2.75) is 18.9 Å². The highest BCUT2D eigenvalue weighted by Crippen LogP contribution is 2.06. The van der Waals surface area contributed by atoms with Crippen LogP contribution in [0.3, 0.4) is 0 Å². The van der Waals surface area contributed by atoms with E-state index >= 15 is 0 Å². The van der Waals surface area contributed by atoms with Gasteiger partial charge in [0.05, 0.1) is 0 Å². The number of piperidine rings is 1. The molecule has 0 aromatic rings. The molecule has 0 atom stereocenters. The van der Waals surface area contributed by atoms with Crippen molar-refractivity contribution in [1.82, 2.24) is 10.2 Å². The Hall–Kier alpha value is 0.210. The molecule has 0 aromatic carbocycles. The number of nitrogens with one attached hydrogen (secondary N) is 1. The zero-order valence-corrected chi connectivity index (χ0v) is 7.58. The molecule has 0 saturated carbocycles. The predicted octanol–water partition coefficient (Wildman–Crippen LogP) is 0.722. The minimum Gasteiger partial charge on any atom is -0.317 e. The maximum atomic E-state index is 3.34. The van der Waals surface area contributed by atoms with Gasteiger partial charge in [0.15, 0.2) is 0 Å². The van der Waals surface area contributed by atoms with Gasteiger partial charge in [-0.1, -0.05) is 0 Å². The molecule has 2 nitrogen and oxygen atoms in total. The molecule has 0 unspecified atom stereocenters. The van der Waals surface area contributed by atoms with Crippen molar-refractivity contribution in [3.05, 3.63) is 0 Å². The normalized spacial score (nSPS) is 20.7. The second-order valence-electron chi connectivity index (χ2n) is 2.94. The Labute approximate surface area is 69.4 Å². The molecule has 1 rings (SSSR count). The van der Waals surface area contributed by atoms with Crippen LogP contribution in [-0.4, -0.2) is 38.1 Å². The summed E-state index contributed by atoms with van der Waals surface area (Å²) in [6.45, 7) is 2.39. The average Bonchev–Trinajstić information content (AvgIpc) is 1.90. The van der Waals surface area contributed by atoms with Crippen LogP contribution in [0.2, 0.25) is 0 Å². The number of halogens is 1. The van der Waals surface area contributed by atoms with Gasteiger partial charge in [0, 0.05) is 6.04 Å². The molecule has 0 aliphatic carbocycles. The molecule has 0 amide bonds. The lowest BCUT2D eigenvalue weighted by atomic mass is 10.1. The van der Waals surface area contributed by atoms with Crippen LogP contribution in [0, 0.1) is 0 Å². The molecule has 62 valence electrons. The fraction of sp³-hybridized carbons (Fsp3) is 1.00. The van der Waals surface area contributed by atoms with Gasteiger partial charge in [0.1, 0.15) is 0 Å². The van der Waals surface area contributed by atoms with E-state index < -0.39 is 0 Å². The molecule has 0 aromatic heterocycles. The summed E-state index contributed by atoms with van der Waals surface area (Å²) in [6.07, 6.45) is 2.62. The van der Waals surface area contributed by atoms with Gasteiger partial charge in [-0.25, -0.2) is 0 Å². The third-order valence-electron chi connectivity index (χ3n) is 2.04. The fourth-order valence-corrected chi connectivity index (χ4v) is 1.32. The molecule has 0 radical (unpaired) electrons. The number of hydrogen-bond acceptors (Lipinski definition) is 2. The van der Waals surface area contributed by atoms with Gasteiger partial charge in [0.2, 0.25) is 0 Å². The number of hydrogen-bond donors (Lipinski definition) is 1.